The third-order valence-corrected chi connectivity index (χ3v) is 4.90. The Morgan fingerprint density at radius 1 is 1.46 bits per heavy atom. The van der Waals surface area contributed by atoms with Crippen LogP contribution in [0.15, 0.2) is 29.8 Å². The van der Waals surface area contributed by atoms with Crippen LogP contribution in [0.1, 0.15) is 16.6 Å². The Kier molecular flexibility index (Phi) is 5.27. The van der Waals surface area contributed by atoms with Crippen molar-refractivity contribution < 1.29 is 14.3 Å². The van der Waals surface area contributed by atoms with E-state index in [4.69, 9.17) is 4.74 Å². The summed E-state index contributed by atoms with van der Waals surface area (Å²) in [6.07, 6.45) is 2.46. The molecule has 2 aromatic heterocycles. The molecule has 0 aromatic carbocycles. The summed E-state index contributed by atoms with van der Waals surface area (Å²) in [4.78, 5) is 27.6. The SMILES string of the molecule is COCC(=O)N1Cc2ccnn2[C@@H](C(=O)NCCc2cccs2)C1. The van der Waals surface area contributed by atoms with Crippen LogP contribution in [0.4, 0.5) is 0 Å². The predicted octanol–water partition coefficient (Wildman–Crippen LogP) is 0.833. The molecule has 2 amide bonds. The van der Waals surface area contributed by atoms with Gasteiger partial charge in [-0.25, -0.2) is 0 Å². The molecule has 128 valence electrons. The van der Waals surface area contributed by atoms with Gasteiger partial charge in [0, 0.05) is 24.7 Å². The van der Waals surface area contributed by atoms with Crippen molar-refractivity contribution in [3.63, 3.8) is 0 Å². The van der Waals surface area contributed by atoms with Gasteiger partial charge in [0.25, 0.3) is 0 Å². The van der Waals surface area contributed by atoms with Crippen molar-refractivity contribution in [1.82, 2.24) is 20.0 Å². The molecule has 3 rings (SSSR count). The molecule has 1 aliphatic rings. The van der Waals surface area contributed by atoms with Gasteiger partial charge in [-0.15, -0.1) is 11.3 Å². The highest BCUT2D eigenvalue weighted by Gasteiger charge is 2.32. The number of carbonyl (C=O) groups excluding carboxylic acids is 2. The van der Waals surface area contributed by atoms with Gasteiger partial charge in [-0.05, 0) is 23.9 Å². The zero-order valence-electron chi connectivity index (χ0n) is 13.5. The van der Waals surface area contributed by atoms with Crippen molar-refractivity contribution in [2.75, 3.05) is 26.8 Å². The highest BCUT2D eigenvalue weighted by molar-refractivity contribution is 7.09. The van der Waals surface area contributed by atoms with E-state index in [0.717, 1.165) is 12.1 Å². The maximum atomic E-state index is 12.6. The predicted molar refractivity (Wildman–Crippen MR) is 89.6 cm³/mol. The molecule has 0 unspecified atom stereocenters. The zero-order chi connectivity index (χ0) is 16.9. The van der Waals surface area contributed by atoms with Gasteiger partial charge in [-0.1, -0.05) is 6.07 Å². The van der Waals surface area contributed by atoms with E-state index in [0.29, 0.717) is 19.6 Å². The van der Waals surface area contributed by atoms with Crippen LogP contribution in [0.5, 0.6) is 0 Å². The Morgan fingerprint density at radius 3 is 3.08 bits per heavy atom. The van der Waals surface area contributed by atoms with Crippen LogP contribution in [-0.4, -0.2) is 53.3 Å². The summed E-state index contributed by atoms with van der Waals surface area (Å²) >= 11 is 1.67. The molecule has 0 bridgehead atoms. The lowest BCUT2D eigenvalue weighted by Crippen LogP contribution is -2.48. The van der Waals surface area contributed by atoms with Gasteiger partial charge in [0.1, 0.15) is 12.6 Å². The first-order chi connectivity index (χ1) is 11.7. The number of methoxy groups -OCH3 is 1. The Bertz CT molecular complexity index is 698. The summed E-state index contributed by atoms with van der Waals surface area (Å²) in [6.45, 7) is 1.34. The van der Waals surface area contributed by atoms with Gasteiger partial charge >= 0.3 is 0 Å². The molecular formula is C16H20N4O3S. The first-order valence-electron chi connectivity index (χ1n) is 7.78. The molecule has 0 aliphatic carbocycles. The molecule has 1 atom stereocenters. The van der Waals surface area contributed by atoms with E-state index in [-0.39, 0.29) is 18.4 Å². The molecule has 0 saturated carbocycles. The lowest BCUT2D eigenvalue weighted by molar-refractivity contribution is -0.138. The third-order valence-electron chi connectivity index (χ3n) is 3.97. The summed E-state index contributed by atoms with van der Waals surface area (Å²) in [6, 6.07) is 5.37. The molecule has 0 radical (unpaired) electrons. The van der Waals surface area contributed by atoms with Crippen LogP contribution in [0.25, 0.3) is 0 Å². The maximum absolute atomic E-state index is 12.6. The van der Waals surface area contributed by atoms with Crippen molar-refractivity contribution in [1.29, 1.82) is 0 Å². The topological polar surface area (TPSA) is 76.5 Å². The summed E-state index contributed by atoms with van der Waals surface area (Å²) in [5, 5.41) is 9.22. The number of hydrogen-bond acceptors (Lipinski definition) is 5. The number of aromatic nitrogens is 2. The molecule has 0 spiro atoms. The number of carbonyl (C=O) groups is 2. The fourth-order valence-corrected chi connectivity index (χ4v) is 3.48. The summed E-state index contributed by atoms with van der Waals surface area (Å²) in [7, 11) is 1.49. The van der Waals surface area contributed by atoms with Crippen LogP contribution >= 0.6 is 11.3 Å². The van der Waals surface area contributed by atoms with Crippen LogP contribution in [0.3, 0.4) is 0 Å². The van der Waals surface area contributed by atoms with Crippen LogP contribution in [0, 0.1) is 0 Å². The second-order valence-electron chi connectivity index (χ2n) is 5.61. The Balaban J connectivity index is 1.64. The number of ether oxygens (including phenoxy) is 1. The monoisotopic (exact) mass is 348 g/mol. The van der Waals surface area contributed by atoms with E-state index in [1.165, 1.54) is 12.0 Å². The smallest absolute Gasteiger partial charge is 0.248 e. The Morgan fingerprint density at radius 2 is 2.33 bits per heavy atom. The fraction of sp³-hybridized carbons (Fsp3) is 0.438. The molecule has 2 aromatic rings. The third kappa shape index (κ3) is 3.65. The first-order valence-corrected chi connectivity index (χ1v) is 8.66. The average molecular weight is 348 g/mol. The van der Waals surface area contributed by atoms with E-state index in [1.807, 2.05) is 23.6 Å². The Hall–Kier alpha value is -2.19. The summed E-state index contributed by atoms with van der Waals surface area (Å²) < 4.78 is 6.62. The van der Waals surface area contributed by atoms with E-state index < -0.39 is 6.04 Å². The largest absolute Gasteiger partial charge is 0.375 e. The lowest BCUT2D eigenvalue weighted by atomic mass is 10.1. The molecule has 7 nitrogen and oxygen atoms in total. The molecule has 8 heteroatoms. The van der Waals surface area contributed by atoms with E-state index >= 15 is 0 Å². The molecule has 24 heavy (non-hydrogen) atoms. The second-order valence-corrected chi connectivity index (χ2v) is 6.64. The number of thiophene rings is 1. The highest BCUT2D eigenvalue weighted by Crippen LogP contribution is 2.20. The molecule has 0 fully saturated rings. The Labute approximate surface area is 144 Å². The van der Waals surface area contributed by atoms with Gasteiger partial charge in [-0.3, -0.25) is 14.3 Å². The van der Waals surface area contributed by atoms with Crippen molar-refractivity contribution >= 4 is 23.2 Å². The highest BCUT2D eigenvalue weighted by atomic mass is 32.1. The van der Waals surface area contributed by atoms with Crippen LogP contribution in [0.2, 0.25) is 0 Å². The number of nitrogens with one attached hydrogen (secondary N) is 1. The maximum Gasteiger partial charge on any atom is 0.248 e. The van der Waals surface area contributed by atoms with Crippen molar-refractivity contribution in [2.24, 2.45) is 0 Å². The molecule has 0 saturated heterocycles. The van der Waals surface area contributed by atoms with Crippen LogP contribution in [-0.2, 0) is 27.3 Å². The minimum atomic E-state index is -0.507. The van der Waals surface area contributed by atoms with Gasteiger partial charge < -0.3 is 15.0 Å². The number of hydrogen-bond donors (Lipinski definition) is 1. The zero-order valence-corrected chi connectivity index (χ0v) is 14.3. The number of fused-ring (bicyclic) bond motifs is 1. The summed E-state index contributed by atoms with van der Waals surface area (Å²) in [5.41, 5.74) is 0.851. The van der Waals surface area contributed by atoms with Crippen molar-refractivity contribution in [3.8, 4) is 0 Å². The standard InChI is InChI=1S/C16H20N4O3S/c1-23-11-15(21)19-9-12-4-7-18-20(12)14(10-19)16(22)17-6-5-13-3-2-8-24-13/h2-4,7-8,14H,5-6,9-11H2,1H3,(H,17,22)/t14-/m1/s1. The number of amides is 2. The van der Waals surface area contributed by atoms with E-state index in [1.54, 1.807) is 27.1 Å². The minimum absolute atomic E-state index is 0.0147. The normalized spacial score (nSPS) is 16.7. The van der Waals surface area contributed by atoms with E-state index in [2.05, 4.69) is 10.4 Å². The average Bonchev–Trinajstić information content (AvgIpc) is 3.25. The fourth-order valence-electron chi connectivity index (χ4n) is 2.77. The lowest BCUT2D eigenvalue weighted by Gasteiger charge is -2.33. The van der Waals surface area contributed by atoms with Crippen LogP contribution < -0.4 is 5.32 Å². The van der Waals surface area contributed by atoms with Crippen molar-refractivity contribution in [3.05, 3.63) is 40.3 Å². The molecule has 1 aliphatic heterocycles. The molecule has 3 heterocycles. The van der Waals surface area contributed by atoms with E-state index in [9.17, 15) is 9.59 Å². The van der Waals surface area contributed by atoms with Gasteiger partial charge in [0.15, 0.2) is 0 Å². The van der Waals surface area contributed by atoms with Gasteiger partial charge in [-0.2, -0.15) is 5.10 Å². The second kappa shape index (κ2) is 7.59. The van der Waals surface area contributed by atoms with Gasteiger partial charge in [0.2, 0.25) is 11.8 Å². The first kappa shape index (κ1) is 16.7. The number of rotatable bonds is 6. The number of nitrogens with zero attached hydrogens (tertiary/aromatic N) is 3. The minimum Gasteiger partial charge on any atom is -0.375 e. The quantitative estimate of drug-likeness (QED) is 0.839. The summed E-state index contributed by atoms with van der Waals surface area (Å²) in [5.74, 6) is -0.243. The molecule has 1 N–H and O–H groups in total. The van der Waals surface area contributed by atoms with Gasteiger partial charge in [0.05, 0.1) is 18.8 Å². The molecular weight excluding hydrogens is 328 g/mol. The van der Waals surface area contributed by atoms with Crippen molar-refractivity contribution in [2.45, 2.75) is 19.0 Å².